The average Bonchev–Trinajstić information content (AvgIpc) is 2.51. The fourth-order valence-electron chi connectivity index (χ4n) is 2.40. The molecule has 110 valence electrons. The summed E-state index contributed by atoms with van der Waals surface area (Å²) in [6, 6.07) is 8.44. The molecule has 1 unspecified atom stereocenters. The normalized spacial score (nSPS) is 17.9. The number of carbonyl (C=O) groups excluding carboxylic acids is 2. The topological polar surface area (TPSA) is 68.2 Å². The quantitative estimate of drug-likeness (QED) is 0.815. The van der Waals surface area contributed by atoms with Crippen LogP contribution in [0.2, 0.25) is 0 Å². The Kier molecular flexibility index (Phi) is 4.52. The Morgan fingerprint density at radius 3 is 2.52 bits per heavy atom. The lowest BCUT2D eigenvalue weighted by Gasteiger charge is -2.23. The molecule has 1 fully saturated rings. The van der Waals surface area contributed by atoms with Gasteiger partial charge in [0.15, 0.2) is 0 Å². The van der Waals surface area contributed by atoms with Crippen LogP contribution >= 0.6 is 0 Å². The molecule has 1 aromatic heterocycles. The fourth-order valence-corrected chi connectivity index (χ4v) is 2.40. The molecule has 1 aliphatic rings. The molecule has 0 saturated carbocycles. The first kappa shape index (κ1) is 15.0. The average molecular weight is 286 g/mol. The molecule has 1 N–H and O–H groups in total. The number of aromatic nitrogens is 1. The Hall–Kier alpha value is -2.43. The first-order valence-electron chi connectivity index (χ1n) is 7.10. The maximum Gasteiger partial charge on any atom is 0.259 e. The summed E-state index contributed by atoms with van der Waals surface area (Å²) in [4.78, 5) is 35.3. The van der Waals surface area contributed by atoms with Crippen LogP contribution in [0, 0.1) is 0 Å². The molecule has 1 aliphatic heterocycles. The summed E-state index contributed by atoms with van der Waals surface area (Å²) in [6.07, 6.45) is 2.24. The Labute approximate surface area is 122 Å². The minimum absolute atomic E-state index is 0.201. The van der Waals surface area contributed by atoms with E-state index >= 15 is 0 Å². The largest absolute Gasteiger partial charge is 0.302 e. The van der Waals surface area contributed by atoms with Crippen LogP contribution < -0.4 is 10.9 Å². The third-order valence-electron chi connectivity index (χ3n) is 3.39. The lowest BCUT2D eigenvalue weighted by molar-refractivity contribution is -0.135. The standard InChI is InChI=1S/C14H12N2O3.C2H6/c17-12-6-5-11(13(18)15-12)16-8-7-9-3-1-2-4-10(9)14(16)19;1-2/h1-4,7-8,11H,5-6H2,(H,15,17,18);1-2H3. The predicted molar refractivity (Wildman–Crippen MR) is 81.0 cm³/mol. The maximum absolute atomic E-state index is 12.4. The van der Waals surface area contributed by atoms with E-state index in [1.54, 1.807) is 24.4 Å². The number of benzene rings is 1. The van der Waals surface area contributed by atoms with Crippen LogP contribution in [0.4, 0.5) is 0 Å². The molecule has 0 spiro atoms. The van der Waals surface area contributed by atoms with Gasteiger partial charge in [-0.1, -0.05) is 32.0 Å². The number of rotatable bonds is 1. The van der Waals surface area contributed by atoms with Crippen molar-refractivity contribution >= 4 is 22.6 Å². The Morgan fingerprint density at radius 2 is 1.81 bits per heavy atom. The van der Waals surface area contributed by atoms with Gasteiger partial charge in [0.2, 0.25) is 11.8 Å². The highest BCUT2D eigenvalue weighted by molar-refractivity contribution is 5.99. The monoisotopic (exact) mass is 286 g/mol. The van der Waals surface area contributed by atoms with Gasteiger partial charge in [-0.25, -0.2) is 0 Å². The number of piperidine rings is 1. The van der Waals surface area contributed by atoms with Crippen molar-refractivity contribution in [2.24, 2.45) is 0 Å². The molecule has 5 nitrogen and oxygen atoms in total. The molecular weight excluding hydrogens is 268 g/mol. The Bertz CT molecular complexity index is 734. The molecular formula is C16H18N2O3. The summed E-state index contributed by atoms with van der Waals surface area (Å²) in [7, 11) is 0. The van der Waals surface area contributed by atoms with E-state index in [0.29, 0.717) is 11.8 Å². The molecule has 21 heavy (non-hydrogen) atoms. The van der Waals surface area contributed by atoms with E-state index in [4.69, 9.17) is 0 Å². The van der Waals surface area contributed by atoms with E-state index in [9.17, 15) is 14.4 Å². The highest BCUT2D eigenvalue weighted by atomic mass is 16.2. The van der Waals surface area contributed by atoms with E-state index in [-0.39, 0.29) is 17.9 Å². The number of fused-ring (bicyclic) bond motifs is 1. The van der Waals surface area contributed by atoms with Gasteiger partial charge < -0.3 is 4.57 Å². The zero-order valence-electron chi connectivity index (χ0n) is 12.1. The van der Waals surface area contributed by atoms with Gasteiger partial charge in [-0.3, -0.25) is 19.7 Å². The van der Waals surface area contributed by atoms with Crippen molar-refractivity contribution in [3.63, 3.8) is 0 Å². The number of hydrogen-bond acceptors (Lipinski definition) is 3. The van der Waals surface area contributed by atoms with Crippen molar-refractivity contribution in [1.82, 2.24) is 9.88 Å². The Balaban J connectivity index is 0.000000774. The van der Waals surface area contributed by atoms with Crippen LogP contribution in [0.1, 0.15) is 32.7 Å². The van der Waals surface area contributed by atoms with Crippen molar-refractivity contribution in [3.8, 4) is 0 Å². The fraction of sp³-hybridized carbons (Fsp3) is 0.312. The van der Waals surface area contributed by atoms with E-state index in [1.165, 1.54) is 4.57 Å². The van der Waals surface area contributed by atoms with Crippen LogP contribution in [-0.4, -0.2) is 16.4 Å². The highest BCUT2D eigenvalue weighted by Gasteiger charge is 2.28. The SMILES string of the molecule is CC.O=C1CCC(n2ccc3ccccc3c2=O)C(=O)N1. The van der Waals surface area contributed by atoms with E-state index < -0.39 is 11.9 Å². The summed E-state index contributed by atoms with van der Waals surface area (Å²) < 4.78 is 1.41. The predicted octanol–water partition coefficient (Wildman–Crippen LogP) is 2.01. The minimum Gasteiger partial charge on any atom is -0.302 e. The summed E-state index contributed by atoms with van der Waals surface area (Å²) in [5, 5.41) is 3.69. The van der Waals surface area contributed by atoms with Gasteiger partial charge in [-0.15, -0.1) is 0 Å². The highest BCUT2D eigenvalue weighted by Crippen LogP contribution is 2.18. The van der Waals surface area contributed by atoms with Crippen LogP contribution in [0.15, 0.2) is 41.3 Å². The zero-order chi connectivity index (χ0) is 15.4. The number of nitrogens with one attached hydrogen (secondary N) is 1. The zero-order valence-corrected chi connectivity index (χ0v) is 12.1. The molecule has 2 amide bonds. The lowest BCUT2D eigenvalue weighted by atomic mass is 10.1. The molecule has 0 bridgehead atoms. The van der Waals surface area contributed by atoms with Crippen molar-refractivity contribution in [1.29, 1.82) is 0 Å². The summed E-state index contributed by atoms with van der Waals surface area (Å²) in [5.74, 6) is -0.691. The molecule has 5 heteroatoms. The second-order valence-corrected chi connectivity index (χ2v) is 4.58. The van der Waals surface area contributed by atoms with Crippen LogP contribution in [0.5, 0.6) is 0 Å². The molecule has 1 atom stereocenters. The summed E-state index contributed by atoms with van der Waals surface area (Å²) in [5.41, 5.74) is -0.201. The molecule has 3 rings (SSSR count). The van der Waals surface area contributed by atoms with Crippen LogP contribution in [0.25, 0.3) is 10.8 Å². The number of pyridine rings is 1. The van der Waals surface area contributed by atoms with Crippen LogP contribution in [-0.2, 0) is 9.59 Å². The smallest absolute Gasteiger partial charge is 0.259 e. The van der Waals surface area contributed by atoms with Gasteiger partial charge in [0, 0.05) is 18.0 Å². The van der Waals surface area contributed by atoms with E-state index in [1.807, 2.05) is 26.0 Å². The number of amides is 2. The number of nitrogens with zero attached hydrogens (tertiary/aromatic N) is 1. The van der Waals surface area contributed by atoms with E-state index in [0.717, 1.165) is 5.39 Å². The second-order valence-electron chi connectivity index (χ2n) is 4.58. The number of hydrogen-bond donors (Lipinski definition) is 1. The molecule has 2 heterocycles. The molecule has 1 aromatic carbocycles. The van der Waals surface area contributed by atoms with Crippen molar-refractivity contribution < 1.29 is 9.59 Å². The number of carbonyl (C=O) groups is 2. The molecule has 0 radical (unpaired) electrons. The van der Waals surface area contributed by atoms with Gasteiger partial charge in [-0.05, 0) is 23.9 Å². The first-order chi connectivity index (χ1) is 10.2. The summed E-state index contributed by atoms with van der Waals surface area (Å²) in [6.45, 7) is 4.00. The third kappa shape index (κ3) is 2.86. The first-order valence-corrected chi connectivity index (χ1v) is 7.10. The van der Waals surface area contributed by atoms with Gasteiger partial charge in [-0.2, -0.15) is 0 Å². The van der Waals surface area contributed by atoms with Gasteiger partial charge in [0.1, 0.15) is 6.04 Å². The molecule has 2 aromatic rings. The van der Waals surface area contributed by atoms with Gasteiger partial charge >= 0.3 is 0 Å². The minimum atomic E-state index is -0.602. The van der Waals surface area contributed by atoms with Crippen molar-refractivity contribution in [2.75, 3.05) is 0 Å². The third-order valence-corrected chi connectivity index (χ3v) is 3.39. The van der Waals surface area contributed by atoms with Gasteiger partial charge in [0.05, 0.1) is 0 Å². The summed E-state index contributed by atoms with van der Waals surface area (Å²) >= 11 is 0. The Morgan fingerprint density at radius 1 is 1.10 bits per heavy atom. The van der Waals surface area contributed by atoms with Gasteiger partial charge in [0.25, 0.3) is 5.56 Å². The van der Waals surface area contributed by atoms with Crippen molar-refractivity contribution in [2.45, 2.75) is 32.7 Å². The maximum atomic E-state index is 12.4. The molecule has 0 aliphatic carbocycles. The second kappa shape index (κ2) is 6.35. The van der Waals surface area contributed by atoms with Crippen LogP contribution in [0.3, 0.4) is 0 Å². The lowest BCUT2D eigenvalue weighted by Crippen LogP contribution is -2.44. The number of imide groups is 1. The van der Waals surface area contributed by atoms with E-state index in [2.05, 4.69) is 5.32 Å². The molecule has 1 saturated heterocycles. The van der Waals surface area contributed by atoms with Crippen molar-refractivity contribution in [3.05, 3.63) is 46.9 Å².